The van der Waals surface area contributed by atoms with Crippen LogP contribution in [0.4, 0.5) is 0 Å². The Morgan fingerprint density at radius 1 is 1.08 bits per heavy atom. The Morgan fingerprint density at radius 3 is 2.12 bits per heavy atom. The van der Waals surface area contributed by atoms with Crippen LogP contribution in [-0.4, -0.2) is 55.7 Å². The number of carbonyl (C=O) groups excluding carboxylic acids is 1. The molecule has 26 heavy (non-hydrogen) atoms. The van der Waals surface area contributed by atoms with Crippen molar-refractivity contribution in [1.82, 2.24) is 4.90 Å². The number of methoxy groups -OCH3 is 3. The van der Waals surface area contributed by atoms with Crippen LogP contribution >= 0.6 is 11.8 Å². The van der Waals surface area contributed by atoms with Crippen LogP contribution in [0.5, 0.6) is 17.2 Å². The zero-order valence-electron chi connectivity index (χ0n) is 15.9. The molecule has 2 unspecified atom stereocenters. The van der Waals surface area contributed by atoms with Gasteiger partial charge in [0.1, 0.15) is 0 Å². The minimum absolute atomic E-state index is 0.103. The van der Waals surface area contributed by atoms with Crippen molar-refractivity contribution < 1.29 is 19.0 Å². The van der Waals surface area contributed by atoms with E-state index in [0.29, 0.717) is 34.6 Å². The number of rotatable bonds is 6. The fourth-order valence-corrected chi connectivity index (χ4v) is 4.96. The van der Waals surface area contributed by atoms with Crippen molar-refractivity contribution in [3.63, 3.8) is 0 Å². The number of nitrogens with zero attached hydrogens (tertiary/aromatic N) is 1. The van der Waals surface area contributed by atoms with Gasteiger partial charge < -0.3 is 19.1 Å². The number of benzene rings is 1. The SMILES string of the molecule is COc1cc(/C=C/C(=O)N2C3CCC2CC(SC)C3)cc(OC)c1OC. The van der Waals surface area contributed by atoms with Crippen molar-refractivity contribution in [2.24, 2.45) is 0 Å². The molecule has 0 spiro atoms. The Morgan fingerprint density at radius 2 is 1.65 bits per heavy atom. The molecule has 0 radical (unpaired) electrons. The van der Waals surface area contributed by atoms with E-state index in [4.69, 9.17) is 14.2 Å². The highest BCUT2D eigenvalue weighted by Gasteiger charge is 2.42. The van der Waals surface area contributed by atoms with Crippen LogP contribution in [0.15, 0.2) is 18.2 Å². The fourth-order valence-electron chi connectivity index (χ4n) is 4.13. The van der Waals surface area contributed by atoms with Crippen molar-refractivity contribution in [2.45, 2.75) is 43.0 Å². The van der Waals surface area contributed by atoms with Crippen molar-refractivity contribution in [1.29, 1.82) is 0 Å². The van der Waals surface area contributed by atoms with E-state index in [1.54, 1.807) is 27.4 Å². The first kappa shape index (κ1) is 19.0. The van der Waals surface area contributed by atoms with Gasteiger partial charge >= 0.3 is 0 Å². The lowest BCUT2D eigenvalue weighted by atomic mass is 10.0. The molecule has 2 saturated heterocycles. The third-order valence-corrected chi connectivity index (χ3v) is 6.43. The predicted molar refractivity (Wildman–Crippen MR) is 105 cm³/mol. The highest BCUT2D eigenvalue weighted by molar-refractivity contribution is 7.99. The molecule has 1 amide bonds. The molecular formula is C20H27NO4S. The van der Waals surface area contributed by atoms with E-state index in [-0.39, 0.29) is 5.91 Å². The monoisotopic (exact) mass is 377 g/mol. The second-order valence-corrected chi connectivity index (χ2v) is 7.89. The van der Waals surface area contributed by atoms with Gasteiger partial charge in [0.25, 0.3) is 0 Å². The molecule has 5 nitrogen and oxygen atoms in total. The zero-order valence-corrected chi connectivity index (χ0v) is 16.7. The van der Waals surface area contributed by atoms with Gasteiger partial charge in [0.2, 0.25) is 11.7 Å². The van der Waals surface area contributed by atoms with Crippen molar-refractivity contribution in [3.05, 3.63) is 23.8 Å². The Bertz CT molecular complexity index is 651. The molecule has 0 N–H and O–H groups in total. The maximum atomic E-state index is 12.8. The predicted octanol–water partition coefficient (Wildman–Crippen LogP) is 3.61. The molecule has 0 aromatic heterocycles. The van der Waals surface area contributed by atoms with Crippen molar-refractivity contribution >= 4 is 23.7 Å². The summed E-state index contributed by atoms with van der Waals surface area (Å²) in [7, 11) is 4.75. The minimum atomic E-state index is 0.103. The van der Waals surface area contributed by atoms with Crippen LogP contribution in [0.25, 0.3) is 6.08 Å². The van der Waals surface area contributed by atoms with Crippen LogP contribution < -0.4 is 14.2 Å². The average Bonchev–Trinajstić information content (AvgIpc) is 2.94. The summed E-state index contributed by atoms with van der Waals surface area (Å²) < 4.78 is 16.1. The highest BCUT2D eigenvalue weighted by atomic mass is 32.2. The molecule has 2 aliphatic heterocycles. The maximum absolute atomic E-state index is 12.8. The van der Waals surface area contributed by atoms with E-state index in [0.717, 1.165) is 31.2 Å². The first-order valence-corrected chi connectivity index (χ1v) is 10.2. The molecule has 2 atom stereocenters. The standard InChI is InChI=1S/C20H27NO4S/c1-23-17-9-13(10-18(24-2)20(17)25-3)5-8-19(22)21-14-6-7-15(21)12-16(11-14)26-4/h5,8-10,14-16H,6-7,11-12H2,1-4H3/b8-5+. The minimum Gasteiger partial charge on any atom is -0.493 e. The molecule has 0 aliphatic carbocycles. The van der Waals surface area contributed by atoms with Crippen molar-refractivity contribution in [3.8, 4) is 17.2 Å². The average molecular weight is 378 g/mol. The van der Waals surface area contributed by atoms with E-state index < -0.39 is 0 Å². The largest absolute Gasteiger partial charge is 0.493 e. The lowest BCUT2D eigenvalue weighted by Crippen LogP contribution is -2.46. The topological polar surface area (TPSA) is 48.0 Å². The van der Waals surface area contributed by atoms with E-state index in [9.17, 15) is 4.79 Å². The Labute approximate surface area is 159 Å². The second kappa shape index (κ2) is 8.25. The first-order valence-electron chi connectivity index (χ1n) is 8.94. The molecule has 2 aliphatic rings. The van der Waals surface area contributed by atoms with Gasteiger partial charge in [-0.05, 0) is 55.7 Å². The van der Waals surface area contributed by atoms with Gasteiger partial charge in [0.05, 0.1) is 21.3 Å². The van der Waals surface area contributed by atoms with Crippen LogP contribution in [0.1, 0.15) is 31.2 Å². The van der Waals surface area contributed by atoms with Gasteiger partial charge in [-0.25, -0.2) is 0 Å². The molecule has 2 heterocycles. The van der Waals surface area contributed by atoms with Crippen LogP contribution in [0.3, 0.4) is 0 Å². The quantitative estimate of drug-likeness (QED) is 0.709. The summed E-state index contributed by atoms with van der Waals surface area (Å²) in [6.45, 7) is 0. The van der Waals surface area contributed by atoms with Gasteiger partial charge in [0.15, 0.2) is 11.5 Å². The van der Waals surface area contributed by atoms with E-state index in [1.165, 1.54) is 0 Å². The van der Waals surface area contributed by atoms with Crippen LogP contribution in [0, 0.1) is 0 Å². The molecule has 0 saturated carbocycles. The number of carbonyl (C=O) groups is 1. The lowest BCUT2D eigenvalue weighted by Gasteiger charge is -2.37. The summed E-state index contributed by atoms with van der Waals surface area (Å²) in [5, 5.41) is 0.690. The first-order chi connectivity index (χ1) is 12.6. The lowest BCUT2D eigenvalue weighted by molar-refractivity contribution is -0.129. The molecule has 1 aromatic rings. The van der Waals surface area contributed by atoms with E-state index >= 15 is 0 Å². The molecule has 142 valence electrons. The third-order valence-electron chi connectivity index (χ3n) is 5.38. The van der Waals surface area contributed by atoms with Gasteiger partial charge in [-0.15, -0.1) is 0 Å². The highest BCUT2D eigenvalue weighted by Crippen LogP contribution is 2.40. The summed E-state index contributed by atoms with van der Waals surface area (Å²) in [6.07, 6.45) is 10.2. The molecule has 2 fully saturated rings. The van der Waals surface area contributed by atoms with E-state index in [1.807, 2.05) is 30.0 Å². The van der Waals surface area contributed by atoms with Gasteiger partial charge in [0, 0.05) is 23.4 Å². The molecule has 2 bridgehead atoms. The number of ether oxygens (including phenoxy) is 3. The zero-order chi connectivity index (χ0) is 18.7. The van der Waals surface area contributed by atoms with Gasteiger partial charge in [-0.3, -0.25) is 4.79 Å². The normalized spacial score (nSPS) is 24.8. The number of hydrogen-bond donors (Lipinski definition) is 0. The number of hydrogen-bond acceptors (Lipinski definition) is 5. The van der Waals surface area contributed by atoms with Gasteiger partial charge in [-0.1, -0.05) is 0 Å². The second-order valence-electron chi connectivity index (χ2n) is 6.75. The van der Waals surface area contributed by atoms with Crippen molar-refractivity contribution in [2.75, 3.05) is 27.6 Å². The Balaban J connectivity index is 1.77. The Hall–Kier alpha value is -1.82. The summed E-state index contributed by atoms with van der Waals surface area (Å²) in [6, 6.07) is 4.48. The molecule has 6 heteroatoms. The number of thioether (sulfide) groups is 1. The van der Waals surface area contributed by atoms with Gasteiger partial charge in [-0.2, -0.15) is 11.8 Å². The van der Waals surface area contributed by atoms with Crippen LogP contribution in [0.2, 0.25) is 0 Å². The third kappa shape index (κ3) is 3.65. The summed E-state index contributed by atoms with van der Waals surface area (Å²) in [5.41, 5.74) is 0.846. The number of fused-ring (bicyclic) bond motifs is 2. The molecule has 1 aromatic carbocycles. The van der Waals surface area contributed by atoms with E-state index in [2.05, 4.69) is 11.2 Å². The summed E-state index contributed by atoms with van der Waals surface area (Å²) >= 11 is 1.93. The van der Waals surface area contributed by atoms with Crippen LogP contribution in [-0.2, 0) is 4.79 Å². The smallest absolute Gasteiger partial charge is 0.247 e. The summed E-state index contributed by atoms with van der Waals surface area (Å²) in [5.74, 6) is 1.82. The fraction of sp³-hybridized carbons (Fsp3) is 0.550. The number of amides is 1. The maximum Gasteiger partial charge on any atom is 0.247 e. The Kier molecular flexibility index (Phi) is 6.01. The number of piperidine rings is 1. The summed E-state index contributed by atoms with van der Waals surface area (Å²) in [4.78, 5) is 14.9. The molecule has 3 rings (SSSR count). The molecular weight excluding hydrogens is 350 g/mol.